The SMILES string of the molecule is O=C(O)C1CCc2cc(-c3cc(Cl)ccc3-n3cnnn3)c(Cl)c(=O)n21. The van der Waals surface area contributed by atoms with Gasteiger partial charge in [0, 0.05) is 21.8 Å². The minimum Gasteiger partial charge on any atom is -0.480 e. The molecule has 132 valence electrons. The van der Waals surface area contributed by atoms with Crippen LogP contribution in [0.15, 0.2) is 35.4 Å². The van der Waals surface area contributed by atoms with E-state index in [1.54, 1.807) is 24.3 Å². The molecule has 1 N–H and O–H groups in total. The van der Waals surface area contributed by atoms with E-state index in [4.69, 9.17) is 23.2 Å². The number of aryl methyl sites for hydroxylation is 1. The van der Waals surface area contributed by atoms with Crippen molar-refractivity contribution in [1.82, 2.24) is 24.8 Å². The van der Waals surface area contributed by atoms with Gasteiger partial charge in [0.25, 0.3) is 5.56 Å². The van der Waals surface area contributed by atoms with Crippen LogP contribution in [0.25, 0.3) is 16.8 Å². The van der Waals surface area contributed by atoms with Crippen molar-refractivity contribution < 1.29 is 9.90 Å². The van der Waals surface area contributed by atoms with Crippen molar-refractivity contribution in [2.24, 2.45) is 0 Å². The van der Waals surface area contributed by atoms with E-state index in [9.17, 15) is 14.7 Å². The highest BCUT2D eigenvalue weighted by Crippen LogP contribution is 2.36. The number of aromatic nitrogens is 5. The fourth-order valence-corrected chi connectivity index (χ4v) is 3.64. The number of nitrogens with zero attached hydrogens (tertiary/aromatic N) is 5. The highest BCUT2D eigenvalue weighted by Gasteiger charge is 2.31. The van der Waals surface area contributed by atoms with Gasteiger partial charge in [0.1, 0.15) is 17.4 Å². The Morgan fingerprint density at radius 2 is 2.04 bits per heavy atom. The number of hydrogen-bond donors (Lipinski definition) is 1. The molecule has 1 aliphatic heterocycles. The molecule has 0 saturated carbocycles. The van der Waals surface area contributed by atoms with Gasteiger partial charge in [-0.05, 0) is 47.5 Å². The maximum absolute atomic E-state index is 12.7. The van der Waals surface area contributed by atoms with Crippen LogP contribution in [0.1, 0.15) is 18.2 Å². The maximum atomic E-state index is 12.7. The summed E-state index contributed by atoms with van der Waals surface area (Å²) in [5.41, 5.74) is 1.71. The highest BCUT2D eigenvalue weighted by molar-refractivity contribution is 6.34. The van der Waals surface area contributed by atoms with Crippen LogP contribution in [-0.2, 0) is 11.2 Å². The molecule has 0 bridgehead atoms. The van der Waals surface area contributed by atoms with E-state index in [1.165, 1.54) is 15.6 Å². The topological polar surface area (TPSA) is 103 Å². The summed E-state index contributed by atoms with van der Waals surface area (Å²) in [7, 11) is 0. The van der Waals surface area contributed by atoms with Gasteiger partial charge in [0.15, 0.2) is 0 Å². The predicted molar refractivity (Wildman–Crippen MR) is 93.9 cm³/mol. The quantitative estimate of drug-likeness (QED) is 0.734. The smallest absolute Gasteiger partial charge is 0.326 e. The Labute approximate surface area is 156 Å². The van der Waals surface area contributed by atoms with Crippen LogP contribution in [-0.4, -0.2) is 35.9 Å². The maximum Gasteiger partial charge on any atom is 0.326 e. The highest BCUT2D eigenvalue weighted by atomic mass is 35.5. The molecule has 4 rings (SSSR count). The monoisotopic (exact) mass is 391 g/mol. The Balaban J connectivity index is 1.97. The molecular formula is C16H11Cl2N5O3. The number of rotatable bonds is 3. The van der Waals surface area contributed by atoms with Gasteiger partial charge < -0.3 is 5.11 Å². The summed E-state index contributed by atoms with van der Waals surface area (Å²) in [5.74, 6) is -1.05. The Morgan fingerprint density at radius 3 is 2.73 bits per heavy atom. The van der Waals surface area contributed by atoms with Crippen LogP contribution in [0.4, 0.5) is 0 Å². The number of pyridine rings is 1. The second kappa shape index (κ2) is 6.22. The molecule has 8 nitrogen and oxygen atoms in total. The number of benzene rings is 1. The molecule has 0 amide bonds. The molecule has 0 radical (unpaired) electrons. The van der Waals surface area contributed by atoms with Gasteiger partial charge >= 0.3 is 5.97 Å². The van der Waals surface area contributed by atoms with E-state index in [0.717, 1.165) is 0 Å². The fourth-order valence-electron chi connectivity index (χ4n) is 3.22. The number of halogens is 2. The van der Waals surface area contributed by atoms with Crippen molar-refractivity contribution in [2.45, 2.75) is 18.9 Å². The number of tetrazole rings is 1. The van der Waals surface area contributed by atoms with E-state index in [-0.39, 0.29) is 5.02 Å². The van der Waals surface area contributed by atoms with Crippen LogP contribution in [0.3, 0.4) is 0 Å². The zero-order valence-electron chi connectivity index (χ0n) is 13.1. The van der Waals surface area contributed by atoms with Crippen LogP contribution < -0.4 is 5.56 Å². The average Bonchev–Trinajstić information content (AvgIpc) is 3.27. The summed E-state index contributed by atoms with van der Waals surface area (Å²) in [6.45, 7) is 0. The first-order chi connectivity index (χ1) is 12.5. The molecule has 0 fully saturated rings. The standard InChI is InChI=1S/C16H11Cl2N5O3/c17-8-1-3-12(22-7-19-20-21-22)10(5-8)11-6-9-2-4-13(16(25)26)23(9)15(24)14(11)18/h1,3,5-7,13H,2,4H2,(H,25,26). The molecule has 3 heterocycles. The molecule has 10 heteroatoms. The minimum atomic E-state index is -1.05. The molecule has 1 aromatic carbocycles. The molecule has 1 aliphatic rings. The Bertz CT molecular complexity index is 1080. The minimum absolute atomic E-state index is 0.0708. The van der Waals surface area contributed by atoms with Crippen LogP contribution >= 0.6 is 23.2 Å². The normalized spacial score (nSPS) is 15.8. The van der Waals surface area contributed by atoms with Crippen molar-refractivity contribution in [3.63, 3.8) is 0 Å². The zero-order valence-corrected chi connectivity index (χ0v) is 14.6. The van der Waals surface area contributed by atoms with Gasteiger partial charge in [-0.1, -0.05) is 23.2 Å². The van der Waals surface area contributed by atoms with Gasteiger partial charge in [-0.2, -0.15) is 4.68 Å². The van der Waals surface area contributed by atoms with Crippen LogP contribution in [0.2, 0.25) is 10.0 Å². The third-order valence-corrected chi connectivity index (χ3v) is 4.98. The van der Waals surface area contributed by atoms with Gasteiger partial charge in [-0.25, -0.2) is 4.79 Å². The second-order valence-electron chi connectivity index (χ2n) is 5.85. The number of aliphatic carboxylic acids is 1. The Hall–Kier alpha value is -2.71. The van der Waals surface area contributed by atoms with E-state index < -0.39 is 17.6 Å². The van der Waals surface area contributed by atoms with Crippen molar-refractivity contribution in [3.05, 3.63) is 56.7 Å². The Kier molecular flexibility index (Phi) is 4.01. The van der Waals surface area contributed by atoms with Gasteiger partial charge in [0.2, 0.25) is 0 Å². The summed E-state index contributed by atoms with van der Waals surface area (Å²) < 4.78 is 2.68. The van der Waals surface area contributed by atoms with Crippen LogP contribution in [0.5, 0.6) is 0 Å². The number of carbonyl (C=O) groups is 1. The summed E-state index contributed by atoms with van der Waals surface area (Å²) in [6.07, 6.45) is 2.23. The number of carboxylic acid groups (broad SMARTS) is 1. The fraction of sp³-hybridized carbons (Fsp3) is 0.188. The lowest BCUT2D eigenvalue weighted by Crippen LogP contribution is -2.28. The Morgan fingerprint density at radius 1 is 1.23 bits per heavy atom. The molecular weight excluding hydrogens is 381 g/mol. The van der Waals surface area contributed by atoms with Crippen molar-refractivity contribution in [2.75, 3.05) is 0 Å². The lowest BCUT2D eigenvalue weighted by Gasteiger charge is -2.15. The third-order valence-electron chi connectivity index (χ3n) is 4.38. The summed E-state index contributed by atoms with van der Waals surface area (Å²) in [5, 5.41) is 20.8. The molecule has 3 aromatic rings. The van der Waals surface area contributed by atoms with Gasteiger partial charge in [0.05, 0.1) is 5.69 Å². The molecule has 2 aromatic heterocycles. The van der Waals surface area contributed by atoms with E-state index in [2.05, 4.69) is 15.5 Å². The number of hydrogen-bond acceptors (Lipinski definition) is 5. The van der Waals surface area contributed by atoms with E-state index >= 15 is 0 Å². The molecule has 26 heavy (non-hydrogen) atoms. The second-order valence-corrected chi connectivity index (χ2v) is 6.66. The largest absolute Gasteiger partial charge is 0.480 e. The molecule has 0 aliphatic carbocycles. The third kappa shape index (κ3) is 2.58. The van der Waals surface area contributed by atoms with E-state index in [1.807, 2.05) is 0 Å². The molecule has 0 saturated heterocycles. The summed E-state index contributed by atoms with van der Waals surface area (Å²) >= 11 is 12.5. The van der Waals surface area contributed by atoms with Crippen molar-refractivity contribution in [1.29, 1.82) is 0 Å². The zero-order chi connectivity index (χ0) is 18.4. The molecule has 1 atom stereocenters. The number of fused-ring (bicyclic) bond motifs is 1. The van der Waals surface area contributed by atoms with Crippen molar-refractivity contribution in [3.8, 4) is 16.8 Å². The predicted octanol–water partition coefficient (Wildman–Crippen LogP) is 2.37. The van der Waals surface area contributed by atoms with E-state index in [0.29, 0.717) is 40.4 Å². The lowest BCUT2D eigenvalue weighted by atomic mass is 10.0. The first-order valence-electron chi connectivity index (χ1n) is 7.67. The molecule has 1 unspecified atom stereocenters. The van der Waals surface area contributed by atoms with Crippen molar-refractivity contribution >= 4 is 29.2 Å². The molecule has 0 spiro atoms. The lowest BCUT2D eigenvalue weighted by molar-refractivity contribution is -0.140. The van der Waals surface area contributed by atoms with Crippen LogP contribution in [0, 0.1) is 0 Å². The average molecular weight is 392 g/mol. The first kappa shape index (κ1) is 16.7. The van der Waals surface area contributed by atoms with Gasteiger partial charge in [-0.15, -0.1) is 5.10 Å². The first-order valence-corrected chi connectivity index (χ1v) is 8.43. The number of carboxylic acids is 1. The summed E-state index contributed by atoms with van der Waals surface area (Å²) in [4.78, 5) is 24.1. The van der Waals surface area contributed by atoms with Gasteiger partial charge in [-0.3, -0.25) is 9.36 Å². The summed E-state index contributed by atoms with van der Waals surface area (Å²) in [6, 6.07) is 5.89.